The van der Waals surface area contributed by atoms with E-state index in [2.05, 4.69) is 10.3 Å². The summed E-state index contributed by atoms with van der Waals surface area (Å²) in [6.45, 7) is 0.147. The maximum absolute atomic E-state index is 12.8. The van der Waals surface area contributed by atoms with Crippen LogP contribution in [0.3, 0.4) is 0 Å². The molecule has 6 heteroatoms. The minimum Gasteiger partial charge on any atom is -0.485 e. The number of oxazole rings is 1. The molecule has 0 radical (unpaired) electrons. The van der Waals surface area contributed by atoms with Gasteiger partial charge in [-0.25, -0.2) is 4.98 Å². The molecule has 138 valence electrons. The number of aromatic nitrogens is 1. The number of anilines is 1. The van der Waals surface area contributed by atoms with Gasteiger partial charge in [-0.1, -0.05) is 36.4 Å². The fraction of sp³-hybridized carbons (Fsp3) is 0.0909. The van der Waals surface area contributed by atoms with Crippen molar-refractivity contribution >= 4 is 22.7 Å². The summed E-state index contributed by atoms with van der Waals surface area (Å²) in [5.74, 6) is 1.35. The molecule has 1 unspecified atom stereocenters. The largest absolute Gasteiger partial charge is 0.485 e. The van der Waals surface area contributed by atoms with Crippen LogP contribution in [-0.4, -0.2) is 23.6 Å². The van der Waals surface area contributed by atoms with Crippen LogP contribution in [0.15, 0.2) is 77.2 Å². The van der Waals surface area contributed by atoms with Crippen molar-refractivity contribution < 1.29 is 18.7 Å². The number of ether oxygens (including phenoxy) is 2. The number of benzene rings is 3. The lowest BCUT2D eigenvalue weighted by Gasteiger charge is -2.25. The van der Waals surface area contributed by atoms with Crippen LogP contribution in [0.5, 0.6) is 11.5 Å². The summed E-state index contributed by atoms with van der Waals surface area (Å²) in [7, 11) is 0. The van der Waals surface area contributed by atoms with Gasteiger partial charge in [0.2, 0.25) is 12.0 Å². The van der Waals surface area contributed by atoms with Crippen molar-refractivity contribution in [3.63, 3.8) is 0 Å². The highest BCUT2D eigenvalue weighted by molar-refractivity contribution is 5.98. The Morgan fingerprint density at radius 1 is 0.929 bits per heavy atom. The quantitative estimate of drug-likeness (QED) is 0.581. The fourth-order valence-corrected chi connectivity index (χ4v) is 3.13. The minimum atomic E-state index is -0.744. The number of rotatable bonds is 3. The summed E-state index contributed by atoms with van der Waals surface area (Å²) in [5, 5.41) is 2.91. The van der Waals surface area contributed by atoms with Gasteiger partial charge in [-0.3, -0.25) is 4.79 Å². The van der Waals surface area contributed by atoms with Gasteiger partial charge in [0.1, 0.15) is 12.1 Å². The summed E-state index contributed by atoms with van der Waals surface area (Å²) >= 11 is 0. The average Bonchev–Trinajstić information content (AvgIpc) is 3.18. The summed E-state index contributed by atoms with van der Waals surface area (Å²) in [5.41, 5.74) is 2.75. The van der Waals surface area contributed by atoms with Crippen molar-refractivity contribution in [3.8, 4) is 23.0 Å². The predicted octanol–water partition coefficient (Wildman–Crippen LogP) is 4.27. The van der Waals surface area contributed by atoms with Gasteiger partial charge < -0.3 is 19.2 Å². The van der Waals surface area contributed by atoms with E-state index in [1.807, 2.05) is 60.7 Å². The van der Waals surface area contributed by atoms with E-state index >= 15 is 0 Å². The van der Waals surface area contributed by atoms with Crippen LogP contribution in [-0.2, 0) is 4.79 Å². The van der Waals surface area contributed by atoms with Crippen LogP contribution >= 0.6 is 0 Å². The van der Waals surface area contributed by atoms with Crippen molar-refractivity contribution in [2.24, 2.45) is 0 Å². The second kappa shape index (κ2) is 6.74. The normalized spacial score (nSPS) is 15.4. The SMILES string of the molecule is O=C(Nc1ccccc1-c1nc2ccccc2o1)C1COc2ccccc2O1. The summed E-state index contributed by atoms with van der Waals surface area (Å²) in [6.07, 6.45) is -0.744. The van der Waals surface area contributed by atoms with Crippen LogP contribution in [0.2, 0.25) is 0 Å². The molecule has 0 saturated heterocycles. The number of nitrogens with zero attached hydrogens (tertiary/aromatic N) is 1. The van der Waals surface area contributed by atoms with E-state index in [1.54, 1.807) is 12.1 Å². The zero-order valence-electron chi connectivity index (χ0n) is 14.8. The zero-order valence-corrected chi connectivity index (χ0v) is 14.8. The number of amides is 1. The molecule has 1 aromatic heterocycles. The third kappa shape index (κ3) is 2.95. The van der Waals surface area contributed by atoms with Crippen molar-refractivity contribution in [1.82, 2.24) is 4.98 Å². The van der Waals surface area contributed by atoms with Crippen molar-refractivity contribution in [2.75, 3.05) is 11.9 Å². The number of hydrogen-bond donors (Lipinski definition) is 1. The third-order valence-electron chi connectivity index (χ3n) is 4.51. The molecule has 1 N–H and O–H groups in total. The van der Waals surface area contributed by atoms with Crippen LogP contribution in [0.25, 0.3) is 22.6 Å². The lowest BCUT2D eigenvalue weighted by Crippen LogP contribution is -2.40. The molecule has 2 heterocycles. The smallest absolute Gasteiger partial charge is 0.269 e. The van der Waals surface area contributed by atoms with E-state index in [0.29, 0.717) is 34.2 Å². The molecule has 1 aliphatic rings. The maximum Gasteiger partial charge on any atom is 0.269 e. The number of fused-ring (bicyclic) bond motifs is 2. The van der Waals surface area contributed by atoms with E-state index in [0.717, 1.165) is 5.52 Å². The first kappa shape index (κ1) is 16.4. The Bertz CT molecular complexity index is 1130. The van der Waals surface area contributed by atoms with Gasteiger partial charge in [0.25, 0.3) is 5.91 Å². The van der Waals surface area contributed by atoms with E-state index in [1.165, 1.54) is 0 Å². The Morgan fingerprint density at radius 2 is 1.68 bits per heavy atom. The molecular formula is C22H16N2O4. The van der Waals surface area contributed by atoms with Crippen LogP contribution in [0, 0.1) is 0 Å². The van der Waals surface area contributed by atoms with Gasteiger partial charge in [-0.2, -0.15) is 0 Å². The summed E-state index contributed by atoms with van der Waals surface area (Å²) in [4.78, 5) is 17.3. The highest BCUT2D eigenvalue weighted by Crippen LogP contribution is 2.33. The lowest BCUT2D eigenvalue weighted by molar-refractivity contribution is -0.125. The highest BCUT2D eigenvalue weighted by Gasteiger charge is 2.28. The molecule has 0 aliphatic carbocycles. The first-order chi connectivity index (χ1) is 13.8. The Hall–Kier alpha value is -3.80. The predicted molar refractivity (Wildman–Crippen MR) is 104 cm³/mol. The molecule has 1 atom stereocenters. The molecule has 0 saturated carbocycles. The fourth-order valence-electron chi connectivity index (χ4n) is 3.13. The summed E-state index contributed by atoms with van der Waals surface area (Å²) < 4.78 is 17.3. The standard InChI is InChI=1S/C22H16N2O4/c25-21(20-13-26-18-11-5-6-12-19(18)27-20)23-15-8-2-1-7-14(15)22-24-16-9-3-4-10-17(16)28-22/h1-12,20H,13H2,(H,23,25). The Labute approximate surface area is 160 Å². The molecule has 6 nitrogen and oxygen atoms in total. The monoisotopic (exact) mass is 372 g/mol. The third-order valence-corrected chi connectivity index (χ3v) is 4.51. The van der Waals surface area contributed by atoms with Gasteiger partial charge in [-0.05, 0) is 36.4 Å². The van der Waals surface area contributed by atoms with Gasteiger partial charge >= 0.3 is 0 Å². The molecule has 0 fully saturated rings. The molecule has 4 aromatic rings. The number of carbonyl (C=O) groups is 1. The first-order valence-electron chi connectivity index (χ1n) is 8.92. The van der Waals surface area contributed by atoms with E-state index < -0.39 is 6.10 Å². The molecule has 5 rings (SSSR count). The topological polar surface area (TPSA) is 73.6 Å². The molecule has 0 spiro atoms. The molecule has 28 heavy (non-hydrogen) atoms. The number of nitrogens with one attached hydrogen (secondary N) is 1. The van der Waals surface area contributed by atoms with Gasteiger partial charge in [0.15, 0.2) is 17.1 Å². The van der Waals surface area contributed by atoms with E-state index in [9.17, 15) is 4.79 Å². The Morgan fingerprint density at radius 3 is 2.57 bits per heavy atom. The number of carbonyl (C=O) groups excluding carboxylic acids is 1. The Balaban J connectivity index is 1.41. The second-order valence-corrected chi connectivity index (χ2v) is 6.39. The number of hydrogen-bond acceptors (Lipinski definition) is 5. The lowest BCUT2D eigenvalue weighted by atomic mass is 10.1. The Kier molecular flexibility index (Phi) is 3.94. The van der Waals surface area contributed by atoms with E-state index in [-0.39, 0.29) is 12.5 Å². The zero-order chi connectivity index (χ0) is 18.9. The van der Waals surface area contributed by atoms with Crippen molar-refractivity contribution in [2.45, 2.75) is 6.10 Å². The van der Waals surface area contributed by atoms with Gasteiger partial charge in [0, 0.05) is 0 Å². The van der Waals surface area contributed by atoms with Crippen LogP contribution < -0.4 is 14.8 Å². The van der Waals surface area contributed by atoms with Crippen LogP contribution in [0.1, 0.15) is 0 Å². The molecule has 1 aliphatic heterocycles. The van der Waals surface area contributed by atoms with Gasteiger partial charge in [-0.15, -0.1) is 0 Å². The number of para-hydroxylation sites is 5. The van der Waals surface area contributed by atoms with Crippen LogP contribution in [0.4, 0.5) is 5.69 Å². The highest BCUT2D eigenvalue weighted by atomic mass is 16.6. The molecule has 3 aromatic carbocycles. The second-order valence-electron chi connectivity index (χ2n) is 6.39. The maximum atomic E-state index is 12.8. The van der Waals surface area contributed by atoms with Crippen molar-refractivity contribution in [3.05, 3.63) is 72.8 Å². The van der Waals surface area contributed by atoms with Gasteiger partial charge in [0.05, 0.1) is 11.3 Å². The van der Waals surface area contributed by atoms with E-state index in [4.69, 9.17) is 13.9 Å². The minimum absolute atomic E-state index is 0.147. The molecule has 0 bridgehead atoms. The van der Waals surface area contributed by atoms with Crippen molar-refractivity contribution in [1.29, 1.82) is 0 Å². The average molecular weight is 372 g/mol. The molecular weight excluding hydrogens is 356 g/mol. The first-order valence-corrected chi connectivity index (χ1v) is 8.92. The summed E-state index contributed by atoms with van der Waals surface area (Å²) in [6, 6.07) is 22.2. The molecule has 1 amide bonds.